The minimum atomic E-state index is -0.849. The van der Waals surface area contributed by atoms with E-state index in [9.17, 15) is 10.2 Å². The Morgan fingerprint density at radius 3 is 2.08 bits per heavy atom. The fraction of sp³-hybridized carbons (Fsp3) is 1.00. The molecule has 2 nitrogen and oxygen atoms in total. The quantitative estimate of drug-likeness (QED) is 0.573. The third-order valence-electron chi connectivity index (χ3n) is 4.36. The highest BCUT2D eigenvalue weighted by atomic mass is 16.3. The first kappa shape index (κ1) is 8.52. The van der Waals surface area contributed by atoms with Crippen molar-refractivity contribution in [2.24, 2.45) is 17.3 Å². The van der Waals surface area contributed by atoms with Crippen LogP contribution in [0.4, 0.5) is 0 Å². The lowest BCUT2D eigenvalue weighted by molar-refractivity contribution is -0.245. The third kappa shape index (κ3) is 0.775. The van der Waals surface area contributed by atoms with Gasteiger partial charge in [0, 0.05) is 0 Å². The van der Waals surface area contributed by atoms with Gasteiger partial charge in [0.1, 0.15) is 0 Å². The molecule has 0 radical (unpaired) electrons. The van der Waals surface area contributed by atoms with Crippen molar-refractivity contribution in [3.05, 3.63) is 0 Å². The fourth-order valence-electron chi connectivity index (χ4n) is 3.15. The van der Waals surface area contributed by atoms with Crippen molar-refractivity contribution in [1.29, 1.82) is 0 Å². The van der Waals surface area contributed by atoms with Crippen LogP contribution in [0.1, 0.15) is 33.6 Å². The number of aliphatic hydroxyl groups excluding tert-OH is 1. The molecule has 3 rings (SSSR count). The Balaban J connectivity index is 2.27. The lowest BCUT2D eigenvalue weighted by Gasteiger charge is -2.64. The number of rotatable bonds is 0. The number of hydrogen-bond donors (Lipinski definition) is 2. The van der Waals surface area contributed by atoms with Gasteiger partial charge in [-0.05, 0) is 37.0 Å². The van der Waals surface area contributed by atoms with Crippen LogP contribution in [0.3, 0.4) is 0 Å². The normalized spacial score (nSPS) is 56.2. The Morgan fingerprint density at radius 2 is 1.75 bits per heavy atom. The molecule has 4 atom stereocenters. The molecule has 3 saturated carbocycles. The lowest BCUT2D eigenvalue weighted by Crippen LogP contribution is -2.66. The zero-order valence-corrected chi connectivity index (χ0v) is 8.04. The Hall–Kier alpha value is -0.0800. The molecule has 3 aliphatic carbocycles. The minimum Gasteiger partial charge on any atom is -0.390 e. The van der Waals surface area contributed by atoms with E-state index in [1.54, 1.807) is 6.92 Å². The standard InChI is InChI=1S/C10H18O2/c1-9(2)6-4-7(9)10(3,12)8(11)5-6/h6-8,11-12H,4-5H2,1-3H3/t6?,7?,8-,10+/m1/s1. The fourth-order valence-corrected chi connectivity index (χ4v) is 3.15. The molecule has 0 aromatic heterocycles. The second kappa shape index (κ2) is 2.05. The molecule has 0 spiro atoms. The van der Waals surface area contributed by atoms with Crippen LogP contribution in [-0.2, 0) is 0 Å². The highest BCUT2D eigenvalue weighted by Crippen LogP contribution is 2.62. The van der Waals surface area contributed by atoms with Gasteiger partial charge in [-0.25, -0.2) is 0 Å². The summed E-state index contributed by atoms with van der Waals surface area (Å²) in [7, 11) is 0. The van der Waals surface area contributed by atoms with Crippen LogP contribution in [0.25, 0.3) is 0 Å². The van der Waals surface area contributed by atoms with Gasteiger partial charge in [0.25, 0.3) is 0 Å². The Bertz CT molecular complexity index is 208. The van der Waals surface area contributed by atoms with Crippen LogP contribution in [0.5, 0.6) is 0 Å². The summed E-state index contributed by atoms with van der Waals surface area (Å²) in [5.74, 6) is 0.913. The van der Waals surface area contributed by atoms with E-state index in [0.717, 1.165) is 12.8 Å². The zero-order valence-electron chi connectivity index (χ0n) is 8.04. The maximum absolute atomic E-state index is 10.0. The van der Waals surface area contributed by atoms with E-state index >= 15 is 0 Å². The monoisotopic (exact) mass is 170 g/mol. The molecule has 2 N–H and O–H groups in total. The van der Waals surface area contributed by atoms with Gasteiger partial charge in [-0.2, -0.15) is 0 Å². The van der Waals surface area contributed by atoms with E-state index in [2.05, 4.69) is 13.8 Å². The van der Waals surface area contributed by atoms with Crippen LogP contribution in [0, 0.1) is 17.3 Å². The molecule has 0 saturated heterocycles. The van der Waals surface area contributed by atoms with Gasteiger partial charge < -0.3 is 10.2 Å². The minimum absolute atomic E-state index is 0.239. The van der Waals surface area contributed by atoms with Crippen molar-refractivity contribution in [2.75, 3.05) is 0 Å². The van der Waals surface area contributed by atoms with Crippen molar-refractivity contribution >= 4 is 0 Å². The first-order chi connectivity index (χ1) is 5.37. The predicted molar refractivity (Wildman–Crippen MR) is 46.6 cm³/mol. The maximum atomic E-state index is 10.0. The van der Waals surface area contributed by atoms with E-state index in [-0.39, 0.29) is 5.41 Å². The smallest absolute Gasteiger partial charge is 0.0910 e. The highest BCUT2D eigenvalue weighted by Gasteiger charge is 2.62. The van der Waals surface area contributed by atoms with Gasteiger partial charge in [0.2, 0.25) is 0 Å². The van der Waals surface area contributed by atoms with E-state index in [1.165, 1.54) is 0 Å². The van der Waals surface area contributed by atoms with Crippen LogP contribution in [0.15, 0.2) is 0 Å². The first-order valence-electron chi connectivity index (χ1n) is 4.77. The number of hydrogen-bond acceptors (Lipinski definition) is 2. The largest absolute Gasteiger partial charge is 0.390 e. The molecule has 12 heavy (non-hydrogen) atoms. The average molecular weight is 170 g/mol. The topological polar surface area (TPSA) is 40.5 Å². The van der Waals surface area contributed by atoms with E-state index < -0.39 is 11.7 Å². The summed E-state index contributed by atoms with van der Waals surface area (Å²) in [6.07, 6.45) is 1.36. The SMILES string of the molecule is CC1(C)C2CC1[C@](C)(O)[C@H](O)C2. The van der Waals surface area contributed by atoms with Crippen LogP contribution < -0.4 is 0 Å². The van der Waals surface area contributed by atoms with Gasteiger partial charge in [0.15, 0.2) is 0 Å². The Morgan fingerprint density at radius 1 is 1.17 bits per heavy atom. The maximum Gasteiger partial charge on any atom is 0.0910 e. The zero-order chi connectivity index (χ0) is 9.15. The molecule has 2 unspecified atom stereocenters. The van der Waals surface area contributed by atoms with Gasteiger partial charge >= 0.3 is 0 Å². The first-order valence-corrected chi connectivity index (χ1v) is 4.77. The summed E-state index contributed by atoms with van der Waals surface area (Å²) in [6.45, 7) is 6.18. The van der Waals surface area contributed by atoms with E-state index in [4.69, 9.17) is 0 Å². The molecule has 0 heterocycles. The lowest BCUT2D eigenvalue weighted by atomic mass is 9.43. The van der Waals surface area contributed by atoms with Crippen LogP contribution in [0.2, 0.25) is 0 Å². The molecule has 0 amide bonds. The molecule has 3 fully saturated rings. The summed E-state index contributed by atoms with van der Waals surface area (Å²) in [6, 6.07) is 0. The van der Waals surface area contributed by atoms with Gasteiger partial charge in [0.05, 0.1) is 11.7 Å². The number of aliphatic hydroxyl groups is 2. The van der Waals surface area contributed by atoms with Crippen molar-refractivity contribution in [3.8, 4) is 0 Å². The molecular formula is C10H18O2. The Kier molecular flexibility index (Phi) is 1.45. The molecule has 2 bridgehead atoms. The molecular weight excluding hydrogens is 152 g/mol. The van der Waals surface area contributed by atoms with Crippen molar-refractivity contribution in [2.45, 2.75) is 45.3 Å². The van der Waals surface area contributed by atoms with Crippen molar-refractivity contribution in [3.63, 3.8) is 0 Å². The molecule has 0 aromatic carbocycles. The summed E-state index contributed by atoms with van der Waals surface area (Å²) in [4.78, 5) is 0. The second-order valence-electron chi connectivity index (χ2n) is 5.28. The average Bonchev–Trinajstić information content (AvgIpc) is 1.93. The van der Waals surface area contributed by atoms with Gasteiger partial charge in [-0.3, -0.25) is 0 Å². The molecule has 2 heteroatoms. The molecule has 0 aromatic rings. The summed E-state index contributed by atoms with van der Waals surface area (Å²) in [5, 5.41) is 19.7. The molecule has 0 aliphatic heterocycles. The second-order valence-corrected chi connectivity index (χ2v) is 5.28. The summed E-state index contributed by atoms with van der Waals surface area (Å²) >= 11 is 0. The van der Waals surface area contributed by atoms with Gasteiger partial charge in [-0.15, -0.1) is 0 Å². The Labute approximate surface area is 73.6 Å². The number of fused-ring (bicyclic) bond motifs is 2. The summed E-state index contributed by atoms with van der Waals surface area (Å²) in [5.41, 5.74) is -0.610. The van der Waals surface area contributed by atoms with Crippen molar-refractivity contribution < 1.29 is 10.2 Å². The van der Waals surface area contributed by atoms with Gasteiger partial charge in [-0.1, -0.05) is 13.8 Å². The summed E-state index contributed by atoms with van der Waals surface area (Å²) < 4.78 is 0. The predicted octanol–water partition coefficient (Wildman–Crippen LogP) is 1.16. The third-order valence-corrected chi connectivity index (χ3v) is 4.36. The molecule has 70 valence electrons. The molecule has 3 aliphatic rings. The van der Waals surface area contributed by atoms with E-state index in [1.807, 2.05) is 0 Å². The van der Waals surface area contributed by atoms with Crippen LogP contribution in [-0.4, -0.2) is 21.9 Å². The van der Waals surface area contributed by atoms with Crippen LogP contribution >= 0.6 is 0 Å². The highest BCUT2D eigenvalue weighted by molar-refractivity contribution is 5.12. The van der Waals surface area contributed by atoms with Crippen molar-refractivity contribution in [1.82, 2.24) is 0 Å². The van der Waals surface area contributed by atoms with E-state index in [0.29, 0.717) is 11.8 Å².